The van der Waals surface area contributed by atoms with Gasteiger partial charge in [0.1, 0.15) is 36.3 Å². The predicted octanol–water partition coefficient (Wildman–Crippen LogP) is 1.93. The van der Waals surface area contributed by atoms with E-state index in [1.54, 1.807) is 23.9 Å². The Balaban J connectivity index is 1.59. The van der Waals surface area contributed by atoms with E-state index in [4.69, 9.17) is 21.1 Å². The number of hydrogen-bond acceptors (Lipinski definition) is 7. The molecule has 0 bridgehead atoms. The van der Waals surface area contributed by atoms with Crippen LogP contribution in [0.2, 0.25) is 5.02 Å². The minimum absolute atomic E-state index is 0.462. The fourth-order valence-electron chi connectivity index (χ4n) is 3.70. The summed E-state index contributed by atoms with van der Waals surface area (Å²) in [5.41, 5.74) is 2.55. The Hall–Kier alpha value is -1.32. The minimum atomic E-state index is -1.41. The molecule has 0 saturated carbocycles. The zero-order chi connectivity index (χ0) is 20.5. The molecule has 156 valence electrons. The van der Waals surface area contributed by atoms with Crippen molar-refractivity contribution < 1.29 is 29.9 Å². The first-order valence-electron chi connectivity index (χ1n) is 9.45. The summed E-state index contributed by atoms with van der Waals surface area (Å²) >= 11 is 8.17. The number of rotatable bonds is 4. The van der Waals surface area contributed by atoms with Crippen molar-refractivity contribution in [2.45, 2.75) is 41.8 Å². The number of ether oxygens (including phenoxy) is 2. The molecular formula is C21H23ClO6S. The van der Waals surface area contributed by atoms with Crippen LogP contribution in [0.25, 0.3) is 0 Å². The molecule has 1 unspecified atom stereocenters. The highest BCUT2D eigenvalue weighted by Crippen LogP contribution is 2.36. The summed E-state index contributed by atoms with van der Waals surface area (Å²) in [6.45, 7) is 0.251. The monoisotopic (exact) mass is 438 g/mol. The van der Waals surface area contributed by atoms with Crippen molar-refractivity contribution >= 4 is 23.4 Å². The van der Waals surface area contributed by atoms with Crippen LogP contribution >= 0.6 is 23.4 Å². The van der Waals surface area contributed by atoms with Gasteiger partial charge in [0.25, 0.3) is 0 Å². The van der Waals surface area contributed by atoms with Crippen LogP contribution in [0.3, 0.4) is 0 Å². The first kappa shape index (κ1) is 20.9. The quantitative estimate of drug-likeness (QED) is 0.578. The summed E-state index contributed by atoms with van der Waals surface area (Å²) in [6.07, 6.45) is -5.36. The van der Waals surface area contributed by atoms with Crippen LogP contribution in [0.1, 0.15) is 22.8 Å². The Kier molecular flexibility index (Phi) is 6.36. The maximum absolute atomic E-state index is 10.4. The standard InChI is InChI=1S/C21H23ClO6S/c22-14-3-2-12(21-20(26)19(25)18(24)16(10-23)28-21)9-13(14)7-11-1-4-15-17(8-11)29-6-5-27-15/h1-4,8-9,16,18-21,23-26H,5-7,10H2/t16?,18-,19+,20-,21+/m1/s1. The molecule has 2 aromatic carbocycles. The summed E-state index contributed by atoms with van der Waals surface area (Å²) in [6, 6.07) is 11.3. The fourth-order valence-corrected chi connectivity index (χ4v) is 4.78. The Morgan fingerprint density at radius 1 is 1.03 bits per heavy atom. The minimum Gasteiger partial charge on any atom is -0.492 e. The van der Waals surface area contributed by atoms with E-state index in [9.17, 15) is 20.4 Å². The van der Waals surface area contributed by atoms with Crippen LogP contribution in [-0.4, -0.2) is 63.8 Å². The third-order valence-corrected chi connectivity index (χ3v) is 6.66. The van der Waals surface area contributed by atoms with Gasteiger partial charge in [0.05, 0.1) is 13.2 Å². The van der Waals surface area contributed by atoms with Gasteiger partial charge in [0.15, 0.2) is 0 Å². The first-order chi connectivity index (χ1) is 14.0. The van der Waals surface area contributed by atoms with Gasteiger partial charge in [-0.25, -0.2) is 0 Å². The molecule has 8 heteroatoms. The highest BCUT2D eigenvalue weighted by Gasteiger charge is 2.44. The van der Waals surface area contributed by atoms with Crippen LogP contribution in [0, 0.1) is 0 Å². The number of hydrogen-bond donors (Lipinski definition) is 4. The molecule has 29 heavy (non-hydrogen) atoms. The van der Waals surface area contributed by atoms with E-state index in [1.165, 1.54) is 0 Å². The van der Waals surface area contributed by atoms with Crippen LogP contribution in [-0.2, 0) is 11.2 Å². The maximum atomic E-state index is 10.4. The summed E-state index contributed by atoms with van der Waals surface area (Å²) in [5.74, 6) is 1.82. The molecule has 1 saturated heterocycles. The van der Waals surface area contributed by atoms with Crippen LogP contribution in [0.5, 0.6) is 5.75 Å². The highest BCUT2D eigenvalue weighted by molar-refractivity contribution is 7.99. The SMILES string of the molecule is OCC1O[C@@H](c2ccc(Cl)c(Cc3ccc4c(c3)SCCO4)c2)[C@H](O)[C@@H](O)[C@@H]1O. The van der Waals surface area contributed by atoms with Gasteiger partial charge < -0.3 is 29.9 Å². The first-order valence-corrected chi connectivity index (χ1v) is 10.8. The molecular weight excluding hydrogens is 416 g/mol. The highest BCUT2D eigenvalue weighted by atomic mass is 35.5. The average molecular weight is 439 g/mol. The molecule has 1 fully saturated rings. The molecule has 0 spiro atoms. The second kappa shape index (κ2) is 8.81. The zero-order valence-corrected chi connectivity index (χ0v) is 17.1. The Labute approximate surface area is 178 Å². The van der Waals surface area contributed by atoms with Crippen molar-refractivity contribution in [2.24, 2.45) is 0 Å². The lowest BCUT2D eigenvalue weighted by Crippen LogP contribution is -2.55. The van der Waals surface area contributed by atoms with Crippen molar-refractivity contribution in [3.05, 3.63) is 58.1 Å². The lowest BCUT2D eigenvalue weighted by atomic mass is 9.90. The summed E-state index contributed by atoms with van der Waals surface area (Å²) in [7, 11) is 0. The van der Waals surface area contributed by atoms with Crippen molar-refractivity contribution in [1.29, 1.82) is 0 Å². The summed E-state index contributed by atoms with van der Waals surface area (Å²) in [4.78, 5) is 1.11. The Bertz CT molecular complexity index is 876. The number of benzene rings is 2. The van der Waals surface area contributed by atoms with Gasteiger partial charge in [0, 0.05) is 15.7 Å². The normalized spacial score (nSPS) is 29.2. The van der Waals surface area contributed by atoms with E-state index >= 15 is 0 Å². The molecule has 5 atom stereocenters. The molecule has 2 aliphatic rings. The van der Waals surface area contributed by atoms with Gasteiger partial charge in [-0.15, -0.1) is 11.8 Å². The average Bonchev–Trinajstić information content (AvgIpc) is 2.74. The van der Waals surface area contributed by atoms with Crippen LogP contribution in [0.4, 0.5) is 0 Å². The molecule has 2 heterocycles. The van der Waals surface area contributed by atoms with Gasteiger partial charge >= 0.3 is 0 Å². The molecule has 4 rings (SSSR count). The lowest BCUT2D eigenvalue weighted by Gasteiger charge is -2.40. The molecule has 6 nitrogen and oxygen atoms in total. The molecule has 0 aliphatic carbocycles. The topological polar surface area (TPSA) is 99.4 Å². The number of aliphatic hydroxyl groups excluding tert-OH is 4. The summed E-state index contributed by atoms with van der Waals surface area (Å²) < 4.78 is 11.3. The lowest BCUT2D eigenvalue weighted by molar-refractivity contribution is -0.231. The van der Waals surface area contributed by atoms with E-state index in [0.29, 0.717) is 23.6 Å². The molecule has 2 aliphatic heterocycles. The van der Waals surface area contributed by atoms with Crippen LogP contribution < -0.4 is 4.74 Å². The van der Waals surface area contributed by atoms with Crippen molar-refractivity contribution in [2.75, 3.05) is 19.0 Å². The number of halogens is 1. The third kappa shape index (κ3) is 4.27. The van der Waals surface area contributed by atoms with Crippen LogP contribution in [0.15, 0.2) is 41.3 Å². The number of aliphatic hydroxyl groups is 4. The van der Waals surface area contributed by atoms with E-state index in [-0.39, 0.29) is 0 Å². The molecule has 0 amide bonds. The third-order valence-electron chi connectivity index (χ3n) is 5.29. The van der Waals surface area contributed by atoms with Crippen molar-refractivity contribution in [3.8, 4) is 5.75 Å². The van der Waals surface area contributed by atoms with Gasteiger partial charge in [0.2, 0.25) is 0 Å². The zero-order valence-electron chi connectivity index (χ0n) is 15.6. The summed E-state index contributed by atoms with van der Waals surface area (Å²) in [5, 5.41) is 40.4. The molecule has 4 N–H and O–H groups in total. The largest absolute Gasteiger partial charge is 0.492 e. The Morgan fingerprint density at radius 3 is 2.66 bits per heavy atom. The fraction of sp³-hybridized carbons (Fsp3) is 0.429. The smallest absolute Gasteiger partial charge is 0.132 e. The van der Waals surface area contributed by atoms with Gasteiger partial charge in [-0.05, 0) is 41.3 Å². The van der Waals surface area contributed by atoms with Gasteiger partial charge in [-0.2, -0.15) is 0 Å². The Morgan fingerprint density at radius 2 is 1.86 bits per heavy atom. The van der Waals surface area contributed by atoms with Gasteiger partial charge in [-0.3, -0.25) is 0 Å². The van der Waals surface area contributed by atoms with E-state index in [1.807, 2.05) is 18.2 Å². The molecule has 0 aromatic heterocycles. The second-order valence-corrected chi connectivity index (χ2v) is 8.80. The number of thioether (sulfide) groups is 1. The number of fused-ring (bicyclic) bond motifs is 1. The van der Waals surface area contributed by atoms with E-state index in [0.717, 1.165) is 27.5 Å². The molecule has 0 radical (unpaired) electrons. The van der Waals surface area contributed by atoms with Crippen molar-refractivity contribution in [3.63, 3.8) is 0 Å². The van der Waals surface area contributed by atoms with E-state index < -0.39 is 37.1 Å². The van der Waals surface area contributed by atoms with Gasteiger partial charge in [-0.1, -0.05) is 29.8 Å². The molecule has 2 aromatic rings. The van der Waals surface area contributed by atoms with E-state index in [2.05, 4.69) is 6.07 Å². The second-order valence-electron chi connectivity index (χ2n) is 7.26. The predicted molar refractivity (Wildman–Crippen MR) is 110 cm³/mol. The van der Waals surface area contributed by atoms with Crippen molar-refractivity contribution in [1.82, 2.24) is 0 Å². The maximum Gasteiger partial charge on any atom is 0.132 e.